The summed E-state index contributed by atoms with van der Waals surface area (Å²) in [5, 5.41) is 0.139. The molecule has 0 aromatic rings. The third kappa shape index (κ3) is 11.0. The normalized spacial score (nSPS) is 30.0. The molecule has 2 saturated heterocycles. The molecule has 2 heterocycles. The standard InChI is InChI=1S/C27H52O6S/c1-5-9-16-28-21-22-24(30-17-10-6-2)25(31-18-11-7-3)26(32-19-12-8-4)27(34-22)33-23-15-13-14-20-29-23/h22-27H,5-21H2,1-4H3/t22-,23?,24-,25+,26-,27-/m1/s1. The molecule has 0 N–H and O–H groups in total. The van der Waals surface area contributed by atoms with E-state index in [4.69, 9.17) is 28.4 Å². The SMILES string of the molecule is CCCCOC[C@H]1S[C@@H](OC2CCCCO2)[C@H](OCCCC)[C@@H](OCCCC)[C@@H]1OCCCC. The molecule has 0 bridgehead atoms. The van der Waals surface area contributed by atoms with Gasteiger partial charge in [0.25, 0.3) is 0 Å². The highest BCUT2D eigenvalue weighted by Crippen LogP contribution is 2.40. The van der Waals surface area contributed by atoms with Crippen LogP contribution in [-0.4, -0.2) is 74.9 Å². The Labute approximate surface area is 213 Å². The summed E-state index contributed by atoms with van der Waals surface area (Å²) in [5.74, 6) is 0. The molecule has 2 aliphatic heterocycles. The highest BCUT2D eigenvalue weighted by atomic mass is 32.2. The molecule has 1 unspecified atom stereocenters. The third-order valence-corrected chi connectivity index (χ3v) is 7.77. The van der Waals surface area contributed by atoms with E-state index in [1.165, 1.54) is 0 Å². The molecule has 0 spiro atoms. The first-order valence-electron chi connectivity index (χ1n) is 14.1. The maximum absolute atomic E-state index is 6.57. The summed E-state index contributed by atoms with van der Waals surface area (Å²) in [7, 11) is 0. The van der Waals surface area contributed by atoms with Crippen LogP contribution in [0.25, 0.3) is 0 Å². The van der Waals surface area contributed by atoms with E-state index in [9.17, 15) is 0 Å². The van der Waals surface area contributed by atoms with Crippen LogP contribution in [-0.2, 0) is 28.4 Å². The van der Waals surface area contributed by atoms with Gasteiger partial charge in [0.2, 0.25) is 0 Å². The van der Waals surface area contributed by atoms with Crippen molar-refractivity contribution in [1.29, 1.82) is 0 Å². The van der Waals surface area contributed by atoms with Crippen molar-refractivity contribution in [2.24, 2.45) is 0 Å². The first kappa shape index (κ1) is 30.3. The smallest absolute Gasteiger partial charge is 0.159 e. The minimum Gasteiger partial charge on any atom is -0.380 e. The van der Waals surface area contributed by atoms with Gasteiger partial charge in [-0.1, -0.05) is 53.4 Å². The zero-order valence-corrected chi connectivity index (χ0v) is 23.2. The molecule has 0 radical (unpaired) electrons. The quantitative estimate of drug-likeness (QED) is 0.190. The lowest BCUT2D eigenvalue weighted by atomic mass is 10.0. The molecule has 0 amide bonds. The van der Waals surface area contributed by atoms with Crippen LogP contribution in [0.15, 0.2) is 0 Å². The van der Waals surface area contributed by atoms with Gasteiger partial charge in [-0.05, 0) is 44.9 Å². The van der Waals surface area contributed by atoms with Crippen LogP contribution in [0, 0.1) is 0 Å². The maximum atomic E-state index is 6.57. The lowest BCUT2D eigenvalue weighted by Gasteiger charge is -2.46. The van der Waals surface area contributed by atoms with Crippen molar-refractivity contribution in [2.45, 2.75) is 134 Å². The average Bonchev–Trinajstić information content (AvgIpc) is 2.85. The Morgan fingerprint density at radius 1 is 0.706 bits per heavy atom. The lowest BCUT2D eigenvalue weighted by Crippen LogP contribution is -2.58. The first-order valence-corrected chi connectivity index (χ1v) is 15.0. The molecule has 2 aliphatic rings. The Morgan fingerprint density at radius 2 is 1.29 bits per heavy atom. The summed E-state index contributed by atoms with van der Waals surface area (Å²) in [4.78, 5) is 0. The highest BCUT2D eigenvalue weighted by Gasteiger charge is 2.49. The summed E-state index contributed by atoms with van der Waals surface area (Å²) in [5.41, 5.74) is -0.155. The summed E-state index contributed by atoms with van der Waals surface area (Å²) >= 11 is 1.80. The van der Waals surface area contributed by atoms with Crippen LogP contribution < -0.4 is 0 Å². The molecule has 0 aliphatic carbocycles. The van der Waals surface area contributed by atoms with Crippen LogP contribution in [0.2, 0.25) is 0 Å². The van der Waals surface area contributed by atoms with Crippen LogP contribution >= 0.6 is 11.8 Å². The zero-order valence-electron chi connectivity index (χ0n) is 22.3. The Balaban J connectivity index is 2.21. The average molecular weight is 505 g/mol. The van der Waals surface area contributed by atoms with E-state index in [2.05, 4.69) is 27.7 Å². The fourth-order valence-corrected chi connectivity index (χ4v) is 5.68. The predicted molar refractivity (Wildman–Crippen MR) is 140 cm³/mol. The van der Waals surface area contributed by atoms with Crippen molar-refractivity contribution in [1.82, 2.24) is 0 Å². The number of hydrogen-bond acceptors (Lipinski definition) is 7. The second-order valence-electron chi connectivity index (χ2n) is 9.47. The Hall–Kier alpha value is 0.110. The number of unbranched alkanes of at least 4 members (excludes halogenated alkanes) is 4. The maximum Gasteiger partial charge on any atom is 0.159 e. The summed E-state index contributed by atoms with van der Waals surface area (Å²) in [6.45, 7) is 13.1. The topological polar surface area (TPSA) is 55.4 Å². The zero-order chi connectivity index (χ0) is 24.4. The fraction of sp³-hybridized carbons (Fsp3) is 1.00. The molecular weight excluding hydrogens is 452 g/mol. The van der Waals surface area contributed by atoms with Crippen molar-refractivity contribution in [3.63, 3.8) is 0 Å². The summed E-state index contributed by atoms with van der Waals surface area (Å²) in [6.07, 6.45) is 11.2. The third-order valence-electron chi connectivity index (χ3n) is 6.36. The van der Waals surface area contributed by atoms with Gasteiger partial charge in [0.1, 0.15) is 23.7 Å². The summed E-state index contributed by atoms with van der Waals surface area (Å²) < 4.78 is 38.2. The van der Waals surface area contributed by atoms with E-state index >= 15 is 0 Å². The van der Waals surface area contributed by atoms with Crippen LogP contribution in [0.5, 0.6) is 0 Å². The van der Waals surface area contributed by atoms with E-state index in [0.29, 0.717) is 19.8 Å². The Bertz CT molecular complexity index is 476. The molecule has 2 fully saturated rings. The molecule has 0 aromatic carbocycles. The fourth-order valence-electron chi connectivity index (χ4n) is 4.19. The number of ether oxygens (including phenoxy) is 6. The van der Waals surface area contributed by atoms with Gasteiger partial charge >= 0.3 is 0 Å². The monoisotopic (exact) mass is 504 g/mol. The van der Waals surface area contributed by atoms with Crippen molar-refractivity contribution in [3.05, 3.63) is 0 Å². The van der Waals surface area contributed by atoms with Gasteiger partial charge in [0.05, 0.1) is 11.9 Å². The molecule has 7 heteroatoms. The number of hydrogen-bond donors (Lipinski definition) is 0. The lowest BCUT2D eigenvalue weighted by molar-refractivity contribution is -0.221. The molecule has 202 valence electrons. The van der Waals surface area contributed by atoms with E-state index in [1.54, 1.807) is 11.8 Å². The minimum absolute atomic E-state index is 0.0752. The molecule has 6 atom stereocenters. The van der Waals surface area contributed by atoms with Gasteiger partial charge in [-0.3, -0.25) is 0 Å². The van der Waals surface area contributed by atoms with Gasteiger partial charge in [0, 0.05) is 33.0 Å². The molecule has 0 aromatic heterocycles. The molecule has 2 rings (SSSR count). The Morgan fingerprint density at radius 3 is 1.88 bits per heavy atom. The molecule has 6 nitrogen and oxygen atoms in total. The second kappa shape index (κ2) is 19.3. The van der Waals surface area contributed by atoms with Crippen LogP contribution in [0.1, 0.15) is 98.3 Å². The largest absolute Gasteiger partial charge is 0.380 e. The van der Waals surface area contributed by atoms with E-state index < -0.39 is 0 Å². The number of rotatable bonds is 19. The molecular formula is C27H52O6S. The summed E-state index contributed by atoms with van der Waals surface area (Å²) in [6, 6.07) is 0. The van der Waals surface area contributed by atoms with Crippen molar-refractivity contribution in [2.75, 3.05) is 39.6 Å². The minimum atomic E-state index is -0.183. The van der Waals surface area contributed by atoms with Gasteiger partial charge in [-0.2, -0.15) is 0 Å². The molecule has 34 heavy (non-hydrogen) atoms. The Kier molecular flexibility index (Phi) is 17.2. The first-order chi connectivity index (χ1) is 16.7. The second-order valence-corrected chi connectivity index (χ2v) is 10.8. The highest BCUT2D eigenvalue weighted by molar-refractivity contribution is 8.00. The van der Waals surface area contributed by atoms with Crippen molar-refractivity contribution < 1.29 is 28.4 Å². The van der Waals surface area contributed by atoms with E-state index in [-0.39, 0.29) is 35.3 Å². The van der Waals surface area contributed by atoms with Crippen molar-refractivity contribution >= 4 is 11.8 Å². The number of thioether (sulfide) groups is 1. The van der Waals surface area contributed by atoms with E-state index in [1.807, 2.05) is 0 Å². The van der Waals surface area contributed by atoms with Crippen molar-refractivity contribution in [3.8, 4) is 0 Å². The molecule has 0 saturated carbocycles. The van der Waals surface area contributed by atoms with Gasteiger partial charge < -0.3 is 28.4 Å². The van der Waals surface area contributed by atoms with Gasteiger partial charge in [-0.15, -0.1) is 11.8 Å². The van der Waals surface area contributed by atoms with Crippen LogP contribution in [0.4, 0.5) is 0 Å². The van der Waals surface area contributed by atoms with E-state index in [0.717, 1.165) is 90.4 Å². The van der Waals surface area contributed by atoms with Gasteiger partial charge in [-0.25, -0.2) is 0 Å². The van der Waals surface area contributed by atoms with Crippen LogP contribution in [0.3, 0.4) is 0 Å². The predicted octanol–water partition coefficient (Wildman–Crippen LogP) is 6.34. The van der Waals surface area contributed by atoms with Gasteiger partial charge in [0.15, 0.2) is 6.29 Å².